The minimum Gasteiger partial charge on any atom is -0.339 e. The lowest BCUT2D eigenvalue weighted by Gasteiger charge is -2.44. The van der Waals surface area contributed by atoms with Crippen molar-refractivity contribution in [3.8, 4) is 0 Å². The van der Waals surface area contributed by atoms with Crippen LogP contribution in [-0.2, 0) is 10.2 Å². The maximum absolute atomic E-state index is 13.4. The van der Waals surface area contributed by atoms with Crippen molar-refractivity contribution in [3.05, 3.63) is 29.6 Å². The lowest BCUT2D eigenvalue weighted by molar-refractivity contribution is -0.133. The van der Waals surface area contributed by atoms with E-state index in [0.29, 0.717) is 36.2 Å². The van der Waals surface area contributed by atoms with Crippen LogP contribution in [0.1, 0.15) is 96.2 Å². The van der Waals surface area contributed by atoms with Crippen LogP contribution in [0.15, 0.2) is 18.2 Å². The second-order valence-corrected chi connectivity index (χ2v) is 11.3. The number of hydrogen-bond acceptors (Lipinski definition) is 4. The van der Waals surface area contributed by atoms with E-state index in [4.69, 9.17) is 0 Å². The number of nitrogens with one attached hydrogen (secondary N) is 1. The Morgan fingerprint density at radius 3 is 2.61 bits per heavy atom. The van der Waals surface area contributed by atoms with Gasteiger partial charge >= 0.3 is 0 Å². The molecule has 2 fully saturated rings. The van der Waals surface area contributed by atoms with Crippen molar-refractivity contribution in [2.75, 3.05) is 13.6 Å². The van der Waals surface area contributed by atoms with Crippen LogP contribution in [0.4, 0.5) is 0 Å². The van der Waals surface area contributed by atoms with E-state index in [1.54, 1.807) is 6.07 Å². The van der Waals surface area contributed by atoms with Crippen LogP contribution in [0, 0.1) is 5.92 Å². The fraction of sp³-hybridized carbons (Fsp3) is 0.741. The first kappa shape index (κ1) is 25.7. The molecule has 0 radical (unpaired) electrons. The summed E-state index contributed by atoms with van der Waals surface area (Å²) in [5, 5.41) is 2.98. The number of pyridine rings is 1. The molecular weight excluding hydrogens is 412 g/mol. The van der Waals surface area contributed by atoms with Crippen molar-refractivity contribution >= 4 is 11.8 Å². The molecule has 1 saturated carbocycles. The Morgan fingerprint density at radius 1 is 1.24 bits per heavy atom. The zero-order valence-corrected chi connectivity index (χ0v) is 21.7. The monoisotopic (exact) mass is 456 g/mol. The molecule has 6 heteroatoms. The number of nitrogens with zero attached hydrogens (tertiary/aromatic N) is 3. The van der Waals surface area contributed by atoms with Crippen molar-refractivity contribution in [1.29, 1.82) is 0 Å². The van der Waals surface area contributed by atoms with Crippen molar-refractivity contribution in [1.82, 2.24) is 20.1 Å². The van der Waals surface area contributed by atoms with Gasteiger partial charge in [0.25, 0.3) is 5.91 Å². The van der Waals surface area contributed by atoms with Crippen LogP contribution in [0.2, 0.25) is 0 Å². The van der Waals surface area contributed by atoms with E-state index < -0.39 is 6.04 Å². The molecule has 1 aromatic rings. The highest BCUT2D eigenvalue weighted by molar-refractivity contribution is 5.96. The smallest absolute Gasteiger partial charge is 0.270 e. The predicted octanol–water partition coefficient (Wildman–Crippen LogP) is 4.39. The molecule has 184 valence electrons. The van der Waals surface area contributed by atoms with Crippen LogP contribution < -0.4 is 5.32 Å². The predicted molar refractivity (Wildman–Crippen MR) is 133 cm³/mol. The highest BCUT2D eigenvalue weighted by Crippen LogP contribution is 2.36. The first-order valence-electron chi connectivity index (χ1n) is 12.8. The fourth-order valence-corrected chi connectivity index (χ4v) is 5.48. The number of hydrogen-bond donors (Lipinski definition) is 1. The summed E-state index contributed by atoms with van der Waals surface area (Å²) in [6.45, 7) is 13.7. The molecular formula is C27H44N4O2. The van der Waals surface area contributed by atoms with Crippen molar-refractivity contribution < 1.29 is 9.59 Å². The molecule has 1 aromatic heterocycles. The normalized spacial score (nSPS) is 26.3. The quantitative estimate of drug-likeness (QED) is 0.661. The van der Waals surface area contributed by atoms with Crippen LogP contribution in [0.25, 0.3) is 0 Å². The molecule has 1 N–H and O–H groups in total. The summed E-state index contributed by atoms with van der Waals surface area (Å²) in [6, 6.07) is 6.51. The highest BCUT2D eigenvalue weighted by atomic mass is 16.2. The highest BCUT2D eigenvalue weighted by Gasteiger charge is 2.42. The molecule has 4 atom stereocenters. The van der Waals surface area contributed by atoms with Gasteiger partial charge in [-0.2, -0.15) is 0 Å². The standard InChI is InChI=1S/C27H44N4O2/c1-8-10-19-17-20(30(7)18(2)3)13-14-23(19)31-16-15-22(26(31)33)29-25(32)21-11-9-12-24(28-21)27(4,5)6/h9,11-12,18-20,22-23H,8,10,13-17H2,1-7H3,(H,29,32)/t19-,20-,22?,23+/m1/s1. The largest absolute Gasteiger partial charge is 0.339 e. The van der Waals surface area contributed by atoms with Gasteiger partial charge in [-0.25, -0.2) is 4.98 Å². The molecule has 1 saturated heterocycles. The van der Waals surface area contributed by atoms with Crippen LogP contribution >= 0.6 is 0 Å². The van der Waals surface area contributed by atoms with Crippen molar-refractivity contribution in [2.24, 2.45) is 5.92 Å². The molecule has 2 heterocycles. The summed E-state index contributed by atoms with van der Waals surface area (Å²) in [7, 11) is 2.23. The Morgan fingerprint density at radius 2 is 1.97 bits per heavy atom. The molecule has 1 aliphatic heterocycles. The Balaban J connectivity index is 1.66. The number of carbonyl (C=O) groups is 2. The third-order valence-corrected chi connectivity index (χ3v) is 7.66. The van der Waals surface area contributed by atoms with Gasteiger partial charge in [0.05, 0.1) is 0 Å². The van der Waals surface area contributed by atoms with Gasteiger partial charge in [-0.05, 0) is 71.0 Å². The third kappa shape index (κ3) is 5.95. The molecule has 3 rings (SSSR count). The molecule has 6 nitrogen and oxygen atoms in total. The second-order valence-electron chi connectivity index (χ2n) is 11.3. The maximum atomic E-state index is 13.4. The molecule has 2 aliphatic rings. The molecule has 0 spiro atoms. The van der Waals surface area contributed by atoms with Crippen LogP contribution in [0.3, 0.4) is 0 Å². The molecule has 1 aliphatic carbocycles. The van der Waals surface area contributed by atoms with Crippen molar-refractivity contribution in [2.45, 2.75) is 110 Å². The van der Waals surface area contributed by atoms with E-state index in [1.807, 2.05) is 12.1 Å². The van der Waals surface area contributed by atoms with E-state index in [-0.39, 0.29) is 17.2 Å². The number of amides is 2. The topological polar surface area (TPSA) is 65.5 Å². The van der Waals surface area contributed by atoms with Gasteiger partial charge in [0.1, 0.15) is 11.7 Å². The van der Waals surface area contributed by atoms with Crippen LogP contribution in [-0.4, -0.2) is 64.4 Å². The SMILES string of the molecule is CCC[C@@H]1C[C@H](N(C)C(C)C)CC[C@@H]1N1CCC(NC(=O)c2cccc(C(C)(C)C)n2)C1=O. The zero-order valence-electron chi connectivity index (χ0n) is 21.7. The van der Waals surface area contributed by atoms with Gasteiger partial charge in [0.2, 0.25) is 5.91 Å². The first-order chi connectivity index (χ1) is 15.5. The van der Waals surface area contributed by atoms with Crippen LogP contribution in [0.5, 0.6) is 0 Å². The summed E-state index contributed by atoms with van der Waals surface area (Å²) in [5.41, 5.74) is 1.13. The Bertz CT molecular complexity index is 832. The first-order valence-corrected chi connectivity index (χ1v) is 12.8. The number of likely N-dealkylation sites (tertiary alicyclic amines) is 1. The molecule has 1 unspecified atom stereocenters. The Kier molecular flexibility index (Phi) is 8.20. The van der Waals surface area contributed by atoms with Gasteiger partial charge in [0.15, 0.2) is 0 Å². The maximum Gasteiger partial charge on any atom is 0.270 e. The van der Waals surface area contributed by atoms with E-state index in [9.17, 15) is 9.59 Å². The van der Waals surface area contributed by atoms with Gasteiger partial charge < -0.3 is 15.1 Å². The summed E-state index contributed by atoms with van der Waals surface area (Å²) in [4.78, 5) is 35.4. The third-order valence-electron chi connectivity index (χ3n) is 7.66. The van der Waals surface area contributed by atoms with E-state index in [2.05, 4.69) is 68.7 Å². The molecule has 2 amide bonds. The summed E-state index contributed by atoms with van der Waals surface area (Å²) in [6.07, 6.45) is 6.29. The molecule has 0 bridgehead atoms. The lowest BCUT2D eigenvalue weighted by Crippen LogP contribution is -2.51. The minimum absolute atomic E-state index is 0.0806. The lowest BCUT2D eigenvalue weighted by atomic mass is 9.77. The number of carbonyl (C=O) groups excluding carboxylic acids is 2. The van der Waals surface area contributed by atoms with Crippen molar-refractivity contribution in [3.63, 3.8) is 0 Å². The Hall–Kier alpha value is -1.95. The molecule has 0 aromatic carbocycles. The minimum atomic E-state index is -0.448. The summed E-state index contributed by atoms with van der Waals surface area (Å²) < 4.78 is 0. The average molecular weight is 457 g/mol. The van der Waals surface area contributed by atoms with Gasteiger partial charge in [-0.3, -0.25) is 9.59 Å². The zero-order chi connectivity index (χ0) is 24.3. The van der Waals surface area contributed by atoms with Gasteiger partial charge in [0, 0.05) is 35.8 Å². The summed E-state index contributed by atoms with van der Waals surface area (Å²) >= 11 is 0. The number of rotatable bonds is 7. The Labute approximate surface area is 200 Å². The average Bonchev–Trinajstić information content (AvgIpc) is 3.12. The van der Waals surface area contributed by atoms with E-state index >= 15 is 0 Å². The van der Waals surface area contributed by atoms with Gasteiger partial charge in [-0.1, -0.05) is 40.2 Å². The number of aromatic nitrogens is 1. The second kappa shape index (κ2) is 10.5. The van der Waals surface area contributed by atoms with E-state index in [1.165, 1.54) is 0 Å². The molecule has 33 heavy (non-hydrogen) atoms. The fourth-order valence-electron chi connectivity index (χ4n) is 5.48. The summed E-state index contributed by atoms with van der Waals surface area (Å²) in [5.74, 6) is 0.351. The van der Waals surface area contributed by atoms with E-state index in [0.717, 1.165) is 44.3 Å². The van der Waals surface area contributed by atoms with Gasteiger partial charge in [-0.15, -0.1) is 0 Å².